The molecule has 1 saturated heterocycles. The molecular formula is C17H24ClN5. The number of nitrogens with one attached hydrogen (secondary N) is 1. The molecule has 1 aliphatic rings. The van der Waals surface area contributed by atoms with Crippen molar-refractivity contribution in [2.75, 3.05) is 18.0 Å². The zero-order valence-corrected chi connectivity index (χ0v) is 14.3. The second kappa shape index (κ2) is 7.79. The molecule has 2 heterocycles. The molecule has 0 bridgehead atoms. The molecule has 1 aliphatic heterocycles. The summed E-state index contributed by atoms with van der Waals surface area (Å²) in [5.41, 5.74) is 1.15. The normalized spacial score (nSPS) is 19.7. The Labute approximate surface area is 142 Å². The number of nitrogens with zero attached hydrogens (tertiary/aromatic N) is 4. The minimum absolute atomic E-state index is 0.454. The van der Waals surface area contributed by atoms with Crippen LogP contribution in [0.3, 0.4) is 0 Å². The van der Waals surface area contributed by atoms with Gasteiger partial charge in [-0.3, -0.25) is 4.68 Å². The van der Waals surface area contributed by atoms with Crippen molar-refractivity contribution in [1.82, 2.24) is 20.1 Å². The molecule has 23 heavy (non-hydrogen) atoms. The van der Waals surface area contributed by atoms with E-state index in [1.165, 1.54) is 12.8 Å². The van der Waals surface area contributed by atoms with Crippen LogP contribution in [0.1, 0.15) is 26.2 Å². The van der Waals surface area contributed by atoms with Gasteiger partial charge in [0.15, 0.2) is 0 Å². The monoisotopic (exact) mass is 333 g/mol. The Kier molecular flexibility index (Phi) is 5.51. The van der Waals surface area contributed by atoms with Gasteiger partial charge in [-0.25, -0.2) is 4.98 Å². The predicted octanol–water partition coefficient (Wildman–Crippen LogP) is 2.97. The number of anilines is 1. The largest absolute Gasteiger partial charge is 0.369 e. The highest BCUT2D eigenvalue weighted by Gasteiger charge is 2.22. The number of benzene rings is 1. The Morgan fingerprint density at radius 3 is 3.04 bits per heavy atom. The molecular weight excluding hydrogens is 310 g/mol. The lowest BCUT2D eigenvalue weighted by atomic mass is 10.0. The fraction of sp³-hybridized carbons (Fsp3) is 0.529. The first-order valence-electron chi connectivity index (χ1n) is 8.30. The van der Waals surface area contributed by atoms with E-state index in [4.69, 9.17) is 11.6 Å². The summed E-state index contributed by atoms with van der Waals surface area (Å²) in [7, 11) is 0. The van der Waals surface area contributed by atoms with Crippen LogP contribution >= 0.6 is 11.6 Å². The Bertz CT molecular complexity index is 601. The summed E-state index contributed by atoms with van der Waals surface area (Å²) < 4.78 is 1.88. The molecule has 0 radical (unpaired) electrons. The van der Waals surface area contributed by atoms with Crippen LogP contribution in [0.2, 0.25) is 5.02 Å². The molecule has 0 spiro atoms. The third-order valence-corrected chi connectivity index (χ3v) is 4.71. The molecule has 0 saturated carbocycles. The summed E-state index contributed by atoms with van der Waals surface area (Å²) in [6.07, 6.45) is 6.81. The third-order valence-electron chi connectivity index (χ3n) is 4.39. The van der Waals surface area contributed by atoms with Crippen molar-refractivity contribution in [2.45, 2.75) is 44.8 Å². The van der Waals surface area contributed by atoms with E-state index in [0.717, 1.165) is 36.8 Å². The summed E-state index contributed by atoms with van der Waals surface area (Å²) in [6.45, 7) is 5.23. The van der Waals surface area contributed by atoms with Crippen molar-refractivity contribution < 1.29 is 0 Å². The molecule has 1 aromatic heterocycles. The van der Waals surface area contributed by atoms with Gasteiger partial charge in [0, 0.05) is 31.7 Å². The van der Waals surface area contributed by atoms with Crippen LogP contribution in [0.5, 0.6) is 0 Å². The van der Waals surface area contributed by atoms with Gasteiger partial charge in [-0.15, -0.1) is 0 Å². The predicted molar refractivity (Wildman–Crippen MR) is 93.9 cm³/mol. The number of para-hydroxylation sites is 1. The third kappa shape index (κ3) is 4.45. The smallest absolute Gasteiger partial charge is 0.137 e. The topological polar surface area (TPSA) is 46.0 Å². The Morgan fingerprint density at radius 1 is 1.39 bits per heavy atom. The molecule has 6 heteroatoms. The quantitative estimate of drug-likeness (QED) is 0.882. The summed E-state index contributed by atoms with van der Waals surface area (Å²) in [4.78, 5) is 6.38. The molecule has 0 aliphatic carbocycles. The van der Waals surface area contributed by atoms with Gasteiger partial charge in [0.2, 0.25) is 0 Å². The number of rotatable bonds is 6. The van der Waals surface area contributed by atoms with Gasteiger partial charge in [0.25, 0.3) is 0 Å². The maximum absolute atomic E-state index is 6.34. The zero-order chi connectivity index (χ0) is 16.1. The molecule has 0 amide bonds. The van der Waals surface area contributed by atoms with E-state index in [2.05, 4.69) is 39.4 Å². The van der Waals surface area contributed by atoms with Crippen LogP contribution in [0.15, 0.2) is 36.9 Å². The van der Waals surface area contributed by atoms with E-state index < -0.39 is 0 Å². The number of piperidine rings is 1. The van der Waals surface area contributed by atoms with Crippen LogP contribution in [-0.4, -0.2) is 39.9 Å². The summed E-state index contributed by atoms with van der Waals surface area (Å²) >= 11 is 6.34. The van der Waals surface area contributed by atoms with Crippen molar-refractivity contribution in [3.63, 3.8) is 0 Å². The van der Waals surface area contributed by atoms with Crippen molar-refractivity contribution in [3.8, 4) is 0 Å². The first kappa shape index (κ1) is 16.3. The fourth-order valence-corrected chi connectivity index (χ4v) is 3.46. The molecule has 2 aromatic rings. The number of hydrogen-bond donors (Lipinski definition) is 1. The van der Waals surface area contributed by atoms with Gasteiger partial charge in [0.1, 0.15) is 12.7 Å². The molecule has 5 nitrogen and oxygen atoms in total. The Morgan fingerprint density at radius 2 is 2.26 bits per heavy atom. The summed E-state index contributed by atoms with van der Waals surface area (Å²) in [5.74, 6) is 0. The van der Waals surface area contributed by atoms with Crippen LogP contribution in [-0.2, 0) is 6.54 Å². The number of aromatic nitrogens is 3. The lowest BCUT2D eigenvalue weighted by Crippen LogP contribution is -2.48. The zero-order valence-electron chi connectivity index (χ0n) is 13.5. The van der Waals surface area contributed by atoms with E-state index in [1.807, 2.05) is 16.8 Å². The second-order valence-corrected chi connectivity index (χ2v) is 6.66. The first-order valence-corrected chi connectivity index (χ1v) is 8.68. The van der Waals surface area contributed by atoms with Gasteiger partial charge >= 0.3 is 0 Å². The van der Waals surface area contributed by atoms with E-state index in [9.17, 15) is 0 Å². The van der Waals surface area contributed by atoms with E-state index >= 15 is 0 Å². The van der Waals surface area contributed by atoms with E-state index in [0.29, 0.717) is 12.1 Å². The first-order chi connectivity index (χ1) is 11.2. The van der Waals surface area contributed by atoms with Gasteiger partial charge in [-0.05, 0) is 38.3 Å². The van der Waals surface area contributed by atoms with Gasteiger partial charge in [-0.2, -0.15) is 5.10 Å². The highest BCUT2D eigenvalue weighted by Crippen LogP contribution is 2.27. The highest BCUT2D eigenvalue weighted by molar-refractivity contribution is 6.33. The van der Waals surface area contributed by atoms with Crippen molar-refractivity contribution in [3.05, 3.63) is 41.9 Å². The average molecular weight is 334 g/mol. The molecule has 3 rings (SSSR count). The Balaban J connectivity index is 1.51. The van der Waals surface area contributed by atoms with Crippen LogP contribution in [0.4, 0.5) is 5.69 Å². The summed E-state index contributed by atoms with van der Waals surface area (Å²) in [5, 5.41) is 8.75. The maximum Gasteiger partial charge on any atom is 0.137 e. The SMILES string of the molecule is C[C@@H](CCn1cncn1)N[C@H]1CCCN(c2ccccc2Cl)C1. The standard InChI is InChI=1S/C17H24ClN5/c1-14(8-10-23-13-19-12-20-23)21-15-5-4-9-22(11-15)17-7-3-2-6-16(17)18/h2-3,6-7,12-15,21H,4-5,8-11H2,1H3/t14-,15-/m0/s1. The van der Waals surface area contributed by atoms with Crippen molar-refractivity contribution in [2.24, 2.45) is 0 Å². The lowest BCUT2D eigenvalue weighted by molar-refractivity contribution is 0.360. The summed E-state index contributed by atoms with van der Waals surface area (Å²) in [6, 6.07) is 9.07. The number of halogens is 1. The van der Waals surface area contributed by atoms with Crippen molar-refractivity contribution in [1.29, 1.82) is 0 Å². The van der Waals surface area contributed by atoms with Crippen LogP contribution < -0.4 is 10.2 Å². The Hall–Kier alpha value is -1.59. The minimum Gasteiger partial charge on any atom is -0.369 e. The molecule has 1 N–H and O–H groups in total. The molecule has 124 valence electrons. The van der Waals surface area contributed by atoms with E-state index in [1.54, 1.807) is 12.7 Å². The minimum atomic E-state index is 0.454. The molecule has 2 atom stereocenters. The van der Waals surface area contributed by atoms with Crippen LogP contribution in [0.25, 0.3) is 0 Å². The van der Waals surface area contributed by atoms with E-state index in [-0.39, 0.29) is 0 Å². The van der Waals surface area contributed by atoms with Gasteiger partial charge in [0.05, 0.1) is 10.7 Å². The van der Waals surface area contributed by atoms with Gasteiger partial charge < -0.3 is 10.2 Å². The van der Waals surface area contributed by atoms with Crippen molar-refractivity contribution >= 4 is 17.3 Å². The molecule has 1 aromatic carbocycles. The highest BCUT2D eigenvalue weighted by atomic mass is 35.5. The average Bonchev–Trinajstić information content (AvgIpc) is 3.07. The maximum atomic E-state index is 6.34. The lowest BCUT2D eigenvalue weighted by Gasteiger charge is -2.36. The number of aryl methyl sites for hydroxylation is 1. The second-order valence-electron chi connectivity index (χ2n) is 6.25. The fourth-order valence-electron chi connectivity index (χ4n) is 3.20. The van der Waals surface area contributed by atoms with Gasteiger partial charge in [-0.1, -0.05) is 23.7 Å². The molecule has 1 fully saturated rings. The number of hydrogen-bond acceptors (Lipinski definition) is 4. The van der Waals surface area contributed by atoms with Crippen LogP contribution in [0, 0.1) is 0 Å². The molecule has 0 unspecified atom stereocenters.